The summed E-state index contributed by atoms with van der Waals surface area (Å²) in [7, 11) is -0.738. The lowest BCUT2D eigenvalue weighted by atomic mass is 10.0. The van der Waals surface area contributed by atoms with Crippen molar-refractivity contribution in [2.24, 2.45) is 0 Å². The average Bonchev–Trinajstić information content (AvgIpc) is 2.35. The molecule has 0 aliphatic rings. The van der Waals surface area contributed by atoms with Crippen molar-refractivity contribution in [2.45, 2.75) is 38.0 Å². The van der Waals surface area contributed by atoms with E-state index in [9.17, 15) is 4.21 Å². The molecule has 1 N–H and O–H groups in total. The molecule has 0 radical (unpaired) electrons. The number of nitrogens with one attached hydrogen (secondary N) is 1. The lowest BCUT2D eigenvalue weighted by molar-refractivity contribution is 0.495. The molecule has 3 atom stereocenters. The maximum Gasteiger partial charge on any atom is 0.0441 e. The van der Waals surface area contributed by atoms with Crippen molar-refractivity contribution in [1.82, 2.24) is 5.32 Å². The van der Waals surface area contributed by atoms with Gasteiger partial charge in [-0.25, -0.2) is 0 Å². The molecule has 1 aromatic rings. The maximum absolute atomic E-state index is 11.3. The van der Waals surface area contributed by atoms with Gasteiger partial charge < -0.3 is 5.32 Å². The van der Waals surface area contributed by atoms with Crippen LogP contribution in [0, 0.1) is 0 Å². The highest BCUT2D eigenvalue weighted by atomic mass is 32.2. The molecule has 2 nitrogen and oxygen atoms in total. The molecule has 0 fully saturated rings. The first-order chi connectivity index (χ1) is 8.13. The van der Waals surface area contributed by atoms with Crippen LogP contribution in [-0.2, 0) is 17.2 Å². The van der Waals surface area contributed by atoms with Crippen LogP contribution in [0.3, 0.4) is 0 Å². The van der Waals surface area contributed by atoms with Gasteiger partial charge in [0.25, 0.3) is 0 Å². The van der Waals surface area contributed by atoms with Crippen LogP contribution in [0.4, 0.5) is 0 Å². The quantitative estimate of drug-likeness (QED) is 0.808. The largest absolute Gasteiger partial charge is 0.312 e. The highest BCUT2D eigenvalue weighted by molar-refractivity contribution is 7.84. The van der Waals surface area contributed by atoms with E-state index in [-0.39, 0.29) is 5.25 Å². The van der Waals surface area contributed by atoms with Crippen LogP contribution < -0.4 is 5.32 Å². The van der Waals surface area contributed by atoms with Crippen molar-refractivity contribution in [1.29, 1.82) is 0 Å². The van der Waals surface area contributed by atoms with E-state index in [1.807, 2.05) is 13.0 Å². The first-order valence-electron chi connectivity index (χ1n) is 6.23. The Morgan fingerprint density at radius 2 is 1.94 bits per heavy atom. The van der Waals surface area contributed by atoms with E-state index in [2.05, 4.69) is 36.5 Å². The number of rotatable bonds is 7. The minimum absolute atomic E-state index is 0.222. The van der Waals surface area contributed by atoms with Crippen molar-refractivity contribution in [3.8, 4) is 0 Å². The smallest absolute Gasteiger partial charge is 0.0441 e. The lowest BCUT2D eigenvalue weighted by Gasteiger charge is -2.19. The molecule has 0 saturated heterocycles. The third-order valence-electron chi connectivity index (χ3n) is 3.08. The maximum atomic E-state index is 11.3. The van der Waals surface area contributed by atoms with Crippen LogP contribution in [-0.4, -0.2) is 28.3 Å². The Labute approximate surface area is 107 Å². The molecule has 3 heteroatoms. The molecule has 96 valence electrons. The number of benzene rings is 1. The minimum atomic E-state index is -0.738. The highest BCUT2D eigenvalue weighted by Crippen LogP contribution is 2.06. The van der Waals surface area contributed by atoms with Gasteiger partial charge in [-0.15, -0.1) is 0 Å². The lowest BCUT2D eigenvalue weighted by Crippen LogP contribution is -2.36. The Hall–Kier alpha value is -0.670. The zero-order valence-electron chi connectivity index (χ0n) is 11.0. The van der Waals surface area contributed by atoms with E-state index in [1.54, 1.807) is 6.26 Å². The molecule has 0 aliphatic heterocycles. The standard InChI is InChI=1S/C14H23NOS/c1-4-14(15-11-12(2)17(3)16)10-13-8-6-5-7-9-13/h5-9,12,14-15H,4,10-11H2,1-3H3. The van der Waals surface area contributed by atoms with Crippen molar-refractivity contribution in [2.75, 3.05) is 12.8 Å². The molecule has 3 unspecified atom stereocenters. The molecule has 0 saturated carbocycles. The fraction of sp³-hybridized carbons (Fsp3) is 0.571. The van der Waals surface area contributed by atoms with Crippen molar-refractivity contribution in [3.05, 3.63) is 35.9 Å². The summed E-state index contributed by atoms with van der Waals surface area (Å²) < 4.78 is 11.3. The summed E-state index contributed by atoms with van der Waals surface area (Å²) in [5.74, 6) is 0. The van der Waals surface area contributed by atoms with Crippen molar-refractivity contribution >= 4 is 10.8 Å². The van der Waals surface area contributed by atoms with E-state index < -0.39 is 10.8 Å². The molecule has 0 bridgehead atoms. The third kappa shape index (κ3) is 5.46. The van der Waals surface area contributed by atoms with Crippen molar-refractivity contribution < 1.29 is 4.21 Å². The molecular formula is C14H23NOS. The van der Waals surface area contributed by atoms with E-state index in [0.717, 1.165) is 19.4 Å². The summed E-state index contributed by atoms with van der Waals surface area (Å²) in [5.41, 5.74) is 1.36. The van der Waals surface area contributed by atoms with Gasteiger partial charge in [0.2, 0.25) is 0 Å². The van der Waals surface area contributed by atoms with Crippen LogP contribution in [0.1, 0.15) is 25.8 Å². The predicted octanol–water partition coefficient (Wildman–Crippen LogP) is 2.36. The van der Waals surface area contributed by atoms with Gasteiger partial charge in [-0.05, 0) is 25.3 Å². The highest BCUT2D eigenvalue weighted by Gasteiger charge is 2.10. The first kappa shape index (κ1) is 14.4. The molecule has 0 amide bonds. The molecule has 17 heavy (non-hydrogen) atoms. The van der Waals surface area contributed by atoms with Gasteiger partial charge in [0, 0.05) is 34.9 Å². The predicted molar refractivity (Wildman–Crippen MR) is 75.8 cm³/mol. The second-order valence-electron chi connectivity index (χ2n) is 4.51. The van der Waals surface area contributed by atoms with Gasteiger partial charge >= 0.3 is 0 Å². The van der Waals surface area contributed by atoms with Gasteiger partial charge in [0.1, 0.15) is 0 Å². The Morgan fingerprint density at radius 3 is 2.47 bits per heavy atom. The van der Waals surface area contributed by atoms with Gasteiger partial charge in [-0.2, -0.15) is 0 Å². The summed E-state index contributed by atoms with van der Waals surface area (Å²) in [6.07, 6.45) is 3.91. The summed E-state index contributed by atoms with van der Waals surface area (Å²) >= 11 is 0. The summed E-state index contributed by atoms with van der Waals surface area (Å²) in [5, 5.41) is 3.73. The fourth-order valence-corrected chi connectivity index (χ4v) is 2.04. The van der Waals surface area contributed by atoms with E-state index >= 15 is 0 Å². The van der Waals surface area contributed by atoms with Crippen LogP contribution in [0.15, 0.2) is 30.3 Å². The number of hydrogen-bond donors (Lipinski definition) is 1. The zero-order valence-corrected chi connectivity index (χ0v) is 11.8. The van der Waals surface area contributed by atoms with Crippen LogP contribution >= 0.6 is 0 Å². The minimum Gasteiger partial charge on any atom is -0.312 e. The summed E-state index contributed by atoms with van der Waals surface area (Å²) in [4.78, 5) is 0. The Balaban J connectivity index is 2.41. The monoisotopic (exact) mass is 253 g/mol. The first-order valence-corrected chi connectivity index (χ1v) is 7.85. The Kier molecular flexibility index (Phi) is 6.45. The summed E-state index contributed by atoms with van der Waals surface area (Å²) in [6, 6.07) is 11.0. The molecule has 1 rings (SSSR count). The van der Waals surface area contributed by atoms with Crippen LogP contribution in [0.2, 0.25) is 0 Å². The average molecular weight is 253 g/mol. The Bertz CT molecular complexity index is 339. The van der Waals surface area contributed by atoms with Gasteiger partial charge in [0.05, 0.1) is 0 Å². The van der Waals surface area contributed by atoms with Gasteiger partial charge in [-0.1, -0.05) is 37.3 Å². The van der Waals surface area contributed by atoms with Crippen LogP contribution in [0.5, 0.6) is 0 Å². The topological polar surface area (TPSA) is 29.1 Å². The molecule has 0 spiro atoms. The molecule has 0 heterocycles. The molecule has 0 aliphatic carbocycles. The van der Waals surface area contributed by atoms with E-state index in [1.165, 1.54) is 5.56 Å². The fourth-order valence-electron chi connectivity index (χ4n) is 1.71. The summed E-state index contributed by atoms with van der Waals surface area (Å²) in [6.45, 7) is 5.04. The third-order valence-corrected chi connectivity index (χ3v) is 4.38. The normalized spacial score (nSPS) is 16.4. The molecule has 0 aromatic heterocycles. The SMILES string of the molecule is CCC(Cc1ccccc1)NCC(C)S(C)=O. The Morgan fingerprint density at radius 1 is 1.29 bits per heavy atom. The number of hydrogen-bond acceptors (Lipinski definition) is 2. The molecule has 1 aromatic carbocycles. The van der Waals surface area contributed by atoms with Gasteiger partial charge in [-0.3, -0.25) is 4.21 Å². The van der Waals surface area contributed by atoms with Crippen molar-refractivity contribution in [3.63, 3.8) is 0 Å². The zero-order chi connectivity index (χ0) is 12.7. The van der Waals surface area contributed by atoms with E-state index in [0.29, 0.717) is 6.04 Å². The van der Waals surface area contributed by atoms with Gasteiger partial charge in [0.15, 0.2) is 0 Å². The van der Waals surface area contributed by atoms with E-state index in [4.69, 9.17) is 0 Å². The molecular weight excluding hydrogens is 230 g/mol. The second-order valence-corrected chi connectivity index (χ2v) is 6.31. The second kappa shape index (κ2) is 7.62. The van der Waals surface area contributed by atoms with Crippen LogP contribution in [0.25, 0.3) is 0 Å².